The van der Waals surface area contributed by atoms with Gasteiger partial charge in [0.2, 0.25) is 5.12 Å². The first kappa shape index (κ1) is 15.9. The highest BCUT2D eigenvalue weighted by Gasteiger charge is 2.13. The molecule has 0 radical (unpaired) electrons. The number of carbonyl (C=O) groups excluding carboxylic acids is 1. The molecule has 0 aliphatic rings. The van der Waals surface area contributed by atoms with Crippen LogP contribution in [0.4, 0.5) is 0 Å². The van der Waals surface area contributed by atoms with E-state index in [-0.39, 0.29) is 5.12 Å². The molecule has 1 nitrogen and oxygen atoms in total. The summed E-state index contributed by atoms with van der Waals surface area (Å²) in [4.78, 5) is 12.7. The Morgan fingerprint density at radius 3 is 2.00 bits per heavy atom. The molecule has 2 heteroatoms. The lowest BCUT2D eigenvalue weighted by Gasteiger charge is -2.11. The minimum absolute atomic E-state index is 0.134. The van der Waals surface area contributed by atoms with Gasteiger partial charge in [-0.15, -0.1) is 0 Å². The number of carbonyl (C=O) groups is 1. The Morgan fingerprint density at radius 2 is 1.36 bits per heavy atom. The largest absolute Gasteiger partial charge is 0.282 e. The molecule has 122 valence electrons. The highest BCUT2D eigenvalue weighted by molar-refractivity contribution is 8.13. The monoisotopic (exact) mass is 342 g/mol. The summed E-state index contributed by atoms with van der Waals surface area (Å²) in [5.41, 5.74) is 3.07. The summed E-state index contributed by atoms with van der Waals surface area (Å²) in [6, 6.07) is 26.8. The van der Waals surface area contributed by atoms with E-state index in [0.717, 1.165) is 11.1 Å². The van der Waals surface area contributed by atoms with E-state index in [0.29, 0.717) is 5.75 Å². The molecule has 0 atom stereocenters. The molecule has 0 spiro atoms. The fourth-order valence-electron chi connectivity index (χ4n) is 3.28. The van der Waals surface area contributed by atoms with Crippen molar-refractivity contribution in [3.05, 3.63) is 95.6 Å². The zero-order valence-electron chi connectivity index (χ0n) is 14.0. The average molecular weight is 342 g/mol. The van der Waals surface area contributed by atoms with Crippen molar-refractivity contribution in [1.29, 1.82) is 0 Å². The van der Waals surface area contributed by atoms with Crippen LogP contribution in [0, 0.1) is 6.92 Å². The van der Waals surface area contributed by atoms with Gasteiger partial charge in [0, 0.05) is 11.3 Å². The summed E-state index contributed by atoms with van der Waals surface area (Å²) in [7, 11) is 0. The number of hydrogen-bond acceptors (Lipinski definition) is 2. The summed E-state index contributed by atoms with van der Waals surface area (Å²) in [5, 5.41) is 5.04. The van der Waals surface area contributed by atoms with Gasteiger partial charge in [-0.3, -0.25) is 4.79 Å². The van der Waals surface area contributed by atoms with Gasteiger partial charge in [-0.05, 0) is 45.7 Å². The normalized spacial score (nSPS) is 11.1. The molecule has 4 aromatic carbocycles. The highest BCUT2D eigenvalue weighted by Crippen LogP contribution is 2.32. The lowest BCUT2D eigenvalue weighted by molar-refractivity contribution is 0.108. The van der Waals surface area contributed by atoms with Crippen LogP contribution in [0.5, 0.6) is 0 Å². The molecule has 0 unspecified atom stereocenters. The molecule has 0 saturated heterocycles. The van der Waals surface area contributed by atoms with Crippen LogP contribution in [0.3, 0.4) is 0 Å². The maximum absolute atomic E-state index is 12.7. The van der Waals surface area contributed by atoms with Crippen molar-refractivity contribution in [1.82, 2.24) is 0 Å². The van der Waals surface area contributed by atoms with Crippen LogP contribution >= 0.6 is 11.8 Å². The maximum atomic E-state index is 12.7. The van der Waals surface area contributed by atoms with E-state index in [9.17, 15) is 4.79 Å². The predicted octanol–water partition coefficient (Wildman–Crippen LogP) is 6.38. The van der Waals surface area contributed by atoms with Crippen molar-refractivity contribution < 1.29 is 4.79 Å². The van der Waals surface area contributed by atoms with Crippen LogP contribution in [-0.4, -0.2) is 5.12 Å². The zero-order valence-corrected chi connectivity index (χ0v) is 14.8. The molecule has 0 aromatic heterocycles. The van der Waals surface area contributed by atoms with Gasteiger partial charge in [-0.2, -0.15) is 0 Å². The van der Waals surface area contributed by atoms with Crippen molar-refractivity contribution in [2.24, 2.45) is 0 Å². The van der Waals surface area contributed by atoms with Gasteiger partial charge >= 0.3 is 0 Å². The van der Waals surface area contributed by atoms with Crippen LogP contribution in [0.1, 0.15) is 21.5 Å². The molecular formula is C23H18OS. The molecular weight excluding hydrogens is 324 g/mol. The Morgan fingerprint density at radius 1 is 0.800 bits per heavy atom. The fraction of sp³-hybridized carbons (Fsp3) is 0.0870. The quantitative estimate of drug-likeness (QED) is 0.402. The van der Waals surface area contributed by atoms with Gasteiger partial charge in [0.25, 0.3) is 0 Å². The first-order chi connectivity index (χ1) is 12.2. The Bertz CT molecular complexity index is 1030. The molecule has 0 fully saturated rings. The van der Waals surface area contributed by atoms with Crippen LogP contribution in [0.25, 0.3) is 21.5 Å². The van der Waals surface area contributed by atoms with Crippen LogP contribution < -0.4 is 0 Å². The third-order valence-electron chi connectivity index (χ3n) is 4.60. The van der Waals surface area contributed by atoms with Crippen molar-refractivity contribution >= 4 is 38.4 Å². The highest BCUT2D eigenvalue weighted by atomic mass is 32.2. The Labute approximate surface area is 151 Å². The molecule has 0 aliphatic heterocycles. The lowest BCUT2D eigenvalue weighted by atomic mass is 9.98. The third kappa shape index (κ3) is 3.06. The molecule has 25 heavy (non-hydrogen) atoms. The first-order valence-electron chi connectivity index (χ1n) is 8.36. The third-order valence-corrected chi connectivity index (χ3v) is 5.51. The van der Waals surface area contributed by atoms with Gasteiger partial charge in [-0.25, -0.2) is 0 Å². The van der Waals surface area contributed by atoms with Crippen molar-refractivity contribution in [3.63, 3.8) is 0 Å². The van der Waals surface area contributed by atoms with Crippen LogP contribution in [-0.2, 0) is 5.75 Å². The summed E-state index contributed by atoms with van der Waals surface area (Å²) in [6.45, 7) is 1.99. The van der Waals surface area contributed by atoms with Crippen LogP contribution in [0.15, 0.2) is 78.9 Å². The second-order valence-corrected chi connectivity index (χ2v) is 7.14. The van der Waals surface area contributed by atoms with Gasteiger partial charge in [0.05, 0.1) is 0 Å². The number of benzene rings is 4. The molecule has 0 heterocycles. The number of thioether (sulfide) groups is 1. The van der Waals surface area contributed by atoms with Crippen LogP contribution in [0.2, 0.25) is 0 Å². The average Bonchev–Trinajstić information content (AvgIpc) is 2.65. The number of fused-ring (bicyclic) bond motifs is 2. The van der Waals surface area contributed by atoms with E-state index in [4.69, 9.17) is 0 Å². The lowest BCUT2D eigenvalue weighted by Crippen LogP contribution is -1.98. The fourth-order valence-corrected chi connectivity index (χ4v) is 4.25. The molecule has 4 aromatic rings. The molecule has 4 rings (SSSR count). The standard InChI is InChI=1S/C23H18OS/c1-16-8-2-5-11-19(16)23(24)25-15-22-20-12-6-3-9-17(20)14-18-10-4-7-13-21(18)22/h2-14H,15H2,1H3. The second-order valence-electron chi connectivity index (χ2n) is 6.19. The van der Waals surface area contributed by atoms with E-state index in [1.807, 2.05) is 31.2 Å². The molecule has 0 N–H and O–H groups in total. The summed E-state index contributed by atoms with van der Waals surface area (Å²) in [6.07, 6.45) is 0. The SMILES string of the molecule is Cc1ccccc1C(=O)SCc1c2ccccc2cc2ccccc12. The predicted molar refractivity (Wildman–Crippen MR) is 108 cm³/mol. The first-order valence-corrected chi connectivity index (χ1v) is 9.35. The minimum atomic E-state index is 0.134. The Hall–Kier alpha value is -2.58. The topological polar surface area (TPSA) is 17.1 Å². The smallest absolute Gasteiger partial charge is 0.219 e. The van der Waals surface area contributed by atoms with E-state index in [1.54, 1.807) is 0 Å². The van der Waals surface area contributed by atoms with E-state index in [2.05, 4.69) is 54.6 Å². The molecule has 0 aliphatic carbocycles. The number of hydrogen-bond donors (Lipinski definition) is 0. The van der Waals surface area contributed by atoms with Gasteiger partial charge in [-0.1, -0.05) is 84.6 Å². The van der Waals surface area contributed by atoms with Gasteiger partial charge < -0.3 is 0 Å². The van der Waals surface area contributed by atoms with Crippen molar-refractivity contribution in [2.75, 3.05) is 0 Å². The summed E-state index contributed by atoms with van der Waals surface area (Å²) in [5.74, 6) is 0.676. The van der Waals surface area contributed by atoms with Crippen molar-refractivity contribution in [3.8, 4) is 0 Å². The number of rotatable bonds is 3. The Balaban J connectivity index is 1.75. The van der Waals surface area contributed by atoms with E-state index >= 15 is 0 Å². The Kier molecular flexibility index (Phi) is 4.29. The number of aryl methyl sites for hydroxylation is 1. The van der Waals surface area contributed by atoms with Gasteiger partial charge in [0.1, 0.15) is 0 Å². The van der Waals surface area contributed by atoms with E-state index in [1.165, 1.54) is 38.9 Å². The minimum Gasteiger partial charge on any atom is -0.282 e. The van der Waals surface area contributed by atoms with Crippen molar-refractivity contribution in [2.45, 2.75) is 12.7 Å². The van der Waals surface area contributed by atoms with Gasteiger partial charge in [0.15, 0.2) is 0 Å². The summed E-state index contributed by atoms with van der Waals surface area (Å²) >= 11 is 1.39. The second kappa shape index (κ2) is 6.73. The van der Waals surface area contributed by atoms with E-state index < -0.39 is 0 Å². The molecule has 0 amide bonds. The zero-order chi connectivity index (χ0) is 17.2. The summed E-state index contributed by atoms with van der Waals surface area (Å²) < 4.78 is 0. The molecule has 0 saturated carbocycles. The maximum Gasteiger partial charge on any atom is 0.219 e. The molecule has 0 bridgehead atoms.